The Morgan fingerprint density at radius 2 is 1.88 bits per heavy atom. The maximum absolute atomic E-state index is 12.5. The highest BCUT2D eigenvalue weighted by atomic mass is 19.4. The van der Waals surface area contributed by atoms with E-state index in [9.17, 15) is 18.0 Å². The number of carbonyl (C=O) groups excluding carboxylic acids is 1. The molecule has 0 rings (SSSR count). The molecule has 0 fully saturated rings. The zero-order chi connectivity index (χ0) is 13.0. The maximum Gasteiger partial charge on any atom is 0.393 e. The number of ether oxygens (including phenoxy) is 1. The van der Waals surface area contributed by atoms with Crippen LogP contribution in [0.25, 0.3) is 0 Å². The highest BCUT2D eigenvalue weighted by molar-refractivity contribution is 5.75. The number of carbonyl (C=O) groups is 1. The Morgan fingerprint density at radius 3 is 2.25 bits per heavy atom. The molecule has 0 aliphatic carbocycles. The molecule has 0 saturated carbocycles. The van der Waals surface area contributed by atoms with E-state index in [0.717, 1.165) is 13.8 Å². The van der Waals surface area contributed by atoms with Gasteiger partial charge in [-0.15, -0.1) is 0 Å². The number of halogens is 3. The van der Waals surface area contributed by atoms with Crippen molar-refractivity contribution in [2.24, 2.45) is 11.1 Å². The molecule has 0 bridgehead atoms. The number of esters is 1. The molecule has 0 saturated heterocycles. The fourth-order valence-electron chi connectivity index (χ4n) is 1.03. The van der Waals surface area contributed by atoms with Gasteiger partial charge in [0.2, 0.25) is 0 Å². The van der Waals surface area contributed by atoms with Crippen LogP contribution < -0.4 is 5.73 Å². The van der Waals surface area contributed by atoms with Gasteiger partial charge in [0, 0.05) is 0 Å². The minimum atomic E-state index is -4.29. The zero-order valence-corrected chi connectivity index (χ0v) is 9.73. The van der Waals surface area contributed by atoms with Crippen LogP contribution in [0.1, 0.15) is 33.6 Å². The van der Waals surface area contributed by atoms with Gasteiger partial charge in [-0.05, 0) is 19.8 Å². The van der Waals surface area contributed by atoms with Crippen molar-refractivity contribution in [2.75, 3.05) is 6.61 Å². The summed E-state index contributed by atoms with van der Waals surface area (Å²) in [4.78, 5) is 11.1. The van der Waals surface area contributed by atoms with Gasteiger partial charge in [-0.2, -0.15) is 13.2 Å². The van der Waals surface area contributed by atoms with Crippen molar-refractivity contribution in [3.05, 3.63) is 0 Å². The zero-order valence-electron chi connectivity index (χ0n) is 9.73. The maximum atomic E-state index is 12.5. The molecule has 6 heteroatoms. The fraction of sp³-hybridized carbons (Fsp3) is 0.900. The number of hydrogen-bond donors (Lipinski definition) is 1. The molecule has 0 spiro atoms. The molecule has 0 aromatic heterocycles. The molecule has 0 radical (unpaired) electrons. The second kappa shape index (κ2) is 5.52. The summed E-state index contributed by atoms with van der Waals surface area (Å²) in [5.74, 6) is -0.652. The van der Waals surface area contributed by atoms with E-state index >= 15 is 0 Å². The highest BCUT2D eigenvalue weighted by Crippen LogP contribution is 2.41. The molecular weight excluding hydrogens is 223 g/mol. The summed E-state index contributed by atoms with van der Waals surface area (Å²) in [6.45, 7) is 3.97. The van der Waals surface area contributed by atoms with Crippen molar-refractivity contribution in [1.82, 2.24) is 0 Å². The molecule has 2 N–H and O–H groups in total. The topological polar surface area (TPSA) is 52.3 Å². The molecule has 1 atom stereocenters. The number of nitrogens with two attached hydrogens (primary N) is 1. The lowest BCUT2D eigenvalue weighted by Gasteiger charge is -2.28. The van der Waals surface area contributed by atoms with E-state index in [0.29, 0.717) is 0 Å². The van der Waals surface area contributed by atoms with Crippen molar-refractivity contribution >= 4 is 5.97 Å². The number of alkyl halides is 3. The molecule has 3 nitrogen and oxygen atoms in total. The van der Waals surface area contributed by atoms with Gasteiger partial charge in [-0.3, -0.25) is 4.79 Å². The monoisotopic (exact) mass is 241 g/mol. The van der Waals surface area contributed by atoms with Crippen LogP contribution in [0.4, 0.5) is 13.2 Å². The Balaban J connectivity index is 4.20. The number of hydrogen-bond acceptors (Lipinski definition) is 3. The van der Waals surface area contributed by atoms with Gasteiger partial charge >= 0.3 is 12.1 Å². The molecule has 0 heterocycles. The van der Waals surface area contributed by atoms with E-state index in [2.05, 4.69) is 4.74 Å². The molecular formula is C10H18F3NO2. The lowest BCUT2D eigenvalue weighted by atomic mass is 9.85. The Kier molecular flexibility index (Phi) is 5.25. The van der Waals surface area contributed by atoms with Crippen molar-refractivity contribution < 1.29 is 22.7 Å². The lowest BCUT2D eigenvalue weighted by Crippen LogP contribution is -2.37. The van der Waals surface area contributed by atoms with Crippen LogP contribution in [0.3, 0.4) is 0 Å². The highest BCUT2D eigenvalue weighted by Gasteiger charge is 2.46. The first-order valence-electron chi connectivity index (χ1n) is 5.10. The molecule has 0 aromatic rings. The van der Waals surface area contributed by atoms with E-state index in [1.807, 2.05) is 0 Å². The van der Waals surface area contributed by atoms with E-state index in [4.69, 9.17) is 5.73 Å². The Morgan fingerprint density at radius 1 is 1.38 bits per heavy atom. The minimum Gasteiger partial charge on any atom is -0.465 e. The van der Waals surface area contributed by atoms with Crippen LogP contribution in [-0.4, -0.2) is 24.8 Å². The third-order valence-electron chi connectivity index (χ3n) is 2.44. The molecule has 0 aromatic carbocycles. The van der Waals surface area contributed by atoms with Gasteiger partial charge in [-0.1, -0.05) is 13.8 Å². The molecule has 0 unspecified atom stereocenters. The van der Waals surface area contributed by atoms with Gasteiger partial charge in [0.25, 0.3) is 0 Å². The largest absolute Gasteiger partial charge is 0.465 e. The summed E-state index contributed by atoms with van der Waals surface area (Å²) in [6.07, 6.45) is -4.52. The van der Waals surface area contributed by atoms with Crippen molar-refractivity contribution in [1.29, 1.82) is 0 Å². The van der Waals surface area contributed by atoms with E-state index < -0.39 is 23.6 Å². The Hall–Kier alpha value is -0.780. The van der Waals surface area contributed by atoms with Crippen molar-refractivity contribution in [3.8, 4) is 0 Å². The average molecular weight is 241 g/mol. The van der Waals surface area contributed by atoms with E-state index in [1.165, 1.54) is 0 Å². The van der Waals surface area contributed by atoms with Gasteiger partial charge in [0.1, 0.15) is 6.04 Å². The van der Waals surface area contributed by atoms with Crippen molar-refractivity contribution in [3.63, 3.8) is 0 Å². The van der Waals surface area contributed by atoms with Crippen molar-refractivity contribution in [2.45, 2.75) is 45.8 Å². The first-order chi connectivity index (χ1) is 7.12. The van der Waals surface area contributed by atoms with Crippen LogP contribution >= 0.6 is 0 Å². The Bertz CT molecular complexity index is 239. The molecule has 0 amide bonds. The normalized spacial score (nSPS) is 14.7. The minimum absolute atomic E-state index is 0.0364. The van der Waals surface area contributed by atoms with Gasteiger partial charge in [0.15, 0.2) is 0 Å². The number of rotatable bonds is 5. The average Bonchev–Trinajstić information content (AvgIpc) is 2.12. The summed E-state index contributed by atoms with van der Waals surface area (Å²) in [5.41, 5.74) is 3.58. The first-order valence-corrected chi connectivity index (χ1v) is 5.10. The van der Waals surface area contributed by atoms with Gasteiger partial charge in [0.05, 0.1) is 12.0 Å². The van der Waals surface area contributed by atoms with Gasteiger partial charge < -0.3 is 10.5 Å². The predicted molar refractivity (Wildman–Crippen MR) is 53.7 cm³/mol. The summed E-state index contributed by atoms with van der Waals surface area (Å²) >= 11 is 0. The van der Waals surface area contributed by atoms with Crippen LogP contribution in [0.15, 0.2) is 0 Å². The predicted octanol–water partition coefficient (Wildman–Crippen LogP) is 2.25. The lowest BCUT2D eigenvalue weighted by molar-refractivity contribution is -0.214. The van der Waals surface area contributed by atoms with Crippen LogP contribution in [-0.2, 0) is 9.53 Å². The third kappa shape index (κ3) is 4.38. The first kappa shape index (κ1) is 15.2. The smallest absolute Gasteiger partial charge is 0.393 e. The molecule has 16 heavy (non-hydrogen) atoms. The fourth-order valence-corrected chi connectivity index (χ4v) is 1.03. The summed E-state index contributed by atoms with van der Waals surface area (Å²) in [7, 11) is 0. The second-order valence-corrected chi connectivity index (χ2v) is 4.28. The summed E-state index contributed by atoms with van der Waals surface area (Å²) in [5, 5.41) is 0. The van der Waals surface area contributed by atoms with E-state index in [-0.39, 0.29) is 19.4 Å². The quantitative estimate of drug-likeness (QED) is 0.751. The van der Waals surface area contributed by atoms with Gasteiger partial charge in [-0.25, -0.2) is 0 Å². The van der Waals surface area contributed by atoms with Crippen LogP contribution in [0.2, 0.25) is 0 Å². The van der Waals surface area contributed by atoms with Crippen LogP contribution in [0.5, 0.6) is 0 Å². The molecule has 96 valence electrons. The summed E-state index contributed by atoms with van der Waals surface area (Å²) in [6, 6.07) is -0.985. The van der Waals surface area contributed by atoms with E-state index in [1.54, 1.807) is 6.92 Å². The van der Waals surface area contributed by atoms with Crippen LogP contribution in [0, 0.1) is 5.41 Å². The molecule has 0 aliphatic heterocycles. The second-order valence-electron chi connectivity index (χ2n) is 4.28. The SMILES string of the molecule is CCOC(=O)[C@@H](N)CCC(C)(C)C(F)(F)F. The third-order valence-corrected chi connectivity index (χ3v) is 2.44. The summed E-state index contributed by atoms with van der Waals surface area (Å²) < 4.78 is 42.0. The Labute approximate surface area is 93.1 Å². The molecule has 0 aliphatic rings. The standard InChI is InChI=1S/C10H18F3NO2/c1-4-16-8(15)7(14)5-6-9(2,3)10(11,12)13/h7H,4-6,14H2,1-3H3/t7-/m0/s1.